The maximum atomic E-state index is 14.4. The number of hydrogen-bond acceptors (Lipinski definition) is 6. The van der Waals surface area contributed by atoms with Crippen LogP contribution < -0.4 is 0 Å². The summed E-state index contributed by atoms with van der Waals surface area (Å²) in [6.45, 7) is 4.63. The van der Waals surface area contributed by atoms with Gasteiger partial charge in [-0.3, -0.25) is 0 Å². The normalized spacial score (nSPS) is 28.7. The molecule has 29 heavy (non-hydrogen) atoms. The highest BCUT2D eigenvalue weighted by molar-refractivity contribution is 6.31. The van der Waals surface area contributed by atoms with E-state index >= 15 is 0 Å². The Hall–Kier alpha value is -1.74. The number of halogens is 2. The summed E-state index contributed by atoms with van der Waals surface area (Å²) in [5.74, 6) is -0.209. The molecule has 4 N–H and O–H groups in total. The van der Waals surface area contributed by atoms with Crippen molar-refractivity contribution in [3.8, 4) is 0 Å². The standard InChI is InChI=1S/C21H26ClFO6/c1-4-14(28-3)9-16(23)11(2)7-13-8-12(5-6-15(13)22)21-20(27)19(26)18(25)17(10-24)29-21/h4-6,8-9,17-21,24-27H,1,7,10H2,2-3H3/b14-9+,16-11-/t17-,18-,19+,20-,21+/m1/s1. The predicted octanol–water partition coefficient (Wildman–Crippen LogP) is 2.36. The van der Waals surface area contributed by atoms with Crippen LogP contribution in [0.5, 0.6) is 0 Å². The van der Waals surface area contributed by atoms with Gasteiger partial charge in [0.1, 0.15) is 42.1 Å². The first-order valence-corrected chi connectivity index (χ1v) is 9.43. The van der Waals surface area contributed by atoms with Gasteiger partial charge in [-0.05, 0) is 42.2 Å². The third-order valence-electron chi connectivity index (χ3n) is 4.86. The van der Waals surface area contributed by atoms with E-state index in [1.807, 2.05) is 0 Å². The number of ether oxygens (including phenoxy) is 2. The van der Waals surface area contributed by atoms with Crippen molar-refractivity contribution in [2.75, 3.05) is 13.7 Å². The summed E-state index contributed by atoms with van der Waals surface area (Å²) in [5.41, 5.74) is 1.46. The molecule has 1 aliphatic rings. The van der Waals surface area contributed by atoms with Crippen molar-refractivity contribution in [2.45, 2.75) is 43.9 Å². The van der Waals surface area contributed by atoms with E-state index in [1.165, 1.54) is 19.3 Å². The van der Waals surface area contributed by atoms with Crippen LogP contribution in [0.2, 0.25) is 5.02 Å². The number of benzene rings is 1. The fourth-order valence-electron chi connectivity index (χ4n) is 3.10. The summed E-state index contributed by atoms with van der Waals surface area (Å²) in [7, 11) is 1.41. The highest BCUT2D eigenvalue weighted by Crippen LogP contribution is 2.34. The van der Waals surface area contributed by atoms with Gasteiger partial charge in [-0.2, -0.15) is 0 Å². The van der Waals surface area contributed by atoms with Crippen molar-refractivity contribution in [2.24, 2.45) is 0 Å². The Bertz CT molecular complexity index is 791. The molecule has 2 rings (SSSR count). The van der Waals surface area contributed by atoms with E-state index in [2.05, 4.69) is 6.58 Å². The summed E-state index contributed by atoms with van der Waals surface area (Å²) < 4.78 is 25.0. The quantitative estimate of drug-likeness (QED) is 0.393. The molecule has 8 heteroatoms. The van der Waals surface area contributed by atoms with E-state index in [1.54, 1.807) is 25.1 Å². The Labute approximate surface area is 174 Å². The van der Waals surface area contributed by atoms with Crippen molar-refractivity contribution in [3.05, 3.63) is 70.2 Å². The maximum absolute atomic E-state index is 14.4. The van der Waals surface area contributed by atoms with E-state index in [0.29, 0.717) is 21.7 Å². The molecule has 0 saturated carbocycles. The summed E-state index contributed by atoms with van der Waals surface area (Å²) >= 11 is 6.25. The Balaban J connectivity index is 2.32. The zero-order chi connectivity index (χ0) is 21.7. The molecule has 0 radical (unpaired) electrons. The Morgan fingerprint density at radius 3 is 2.55 bits per heavy atom. The molecule has 0 bridgehead atoms. The third-order valence-corrected chi connectivity index (χ3v) is 5.23. The van der Waals surface area contributed by atoms with Crippen LogP contribution in [0.25, 0.3) is 0 Å². The summed E-state index contributed by atoms with van der Waals surface area (Å²) in [6, 6.07) is 4.83. The fourth-order valence-corrected chi connectivity index (χ4v) is 3.29. The van der Waals surface area contributed by atoms with Gasteiger partial charge in [0.05, 0.1) is 13.7 Å². The van der Waals surface area contributed by atoms with Crippen LogP contribution >= 0.6 is 11.6 Å². The second-order valence-electron chi connectivity index (χ2n) is 6.86. The molecule has 160 valence electrons. The largest absolute Gasteiger partial charge is 0.497 e. The number of methoxy groups -OCH3 is 1. The Kier molecular flexibility index (Phi) is 8.39. The summed E-state index contributed by atoms with van der Waals surface area (Å²) in [4.78, 5) is 0. The number of hydrogen-bond donors (Lipinski definition) is 4. The molecule has 1 saturated heterocycles. The van der Waals surface area contributed by atoms with Crippen molar-refractivity contribution in [1.82, 2.24) is 0 Å². The monoisotopic (exact) mass is 428 g/mol. The van der Waals surface area contributed by atoms with Crippen molar-refractivity contribution < 1.29 is 34.3 Å². The Morgan fingerprint density at radius 1 is 1.28 bits per heavy atom. The molecule has 6 nitrogen and oxygen atoms in total. The minimum absolute atomic E-state index is 0.181. The smallest absolute Gasteiger partial charge is 0.126 e. The van der Waals surface area contributed by atoms with E-state index in [4.69, 9.17) is 21.1 Å². The van der Waals surface area contributed by atoms with E-state index in [9.17, 15) is 24.8 Å². The van der Waals surface area contributed by atoms with Gasteiger partial charge in [-0.25, -0.2) is 4.39 Å². The van der Waals surface area contributed by atoms with E-state index in [-0.39, 0.29) is 12.2 Å². The van der Waals surface area contributed by atoms with E-state index < -0.39 is 43.0 Å². The molecule has 0 aromatic heterocycles. The summed E-state index contributed by atoms with van der Waals surface area (Å²) in [5, 5.41) is 40.0. The average molecular weight is 429 g/mol. The lowest BCUT2D eigenvalue weighted by Crippen LogP contribution is -2.55. The zero-order valence-corrected chi connectivity index (χ0v) is 17.0. The molecule has 1 aromatic rings. The van der Waals surface area contributed by atoms with Crippen molar-refractivity contribution >= 4 is 11.6 Å². The van der Waals surface area contributed by atoms with Gasteiger partial charge in [0.2, 0.25) is 0 Å². The van der Waals surface area contributed by atoms with Crippen LogP contribution in [-0.4, -0.2) is 58.6 Å². The molecule has 0 amide bonds. The SMILES string of the molecule is C=C/C(=C\C(F)=C(/C)Cc1cc([C@@H]2O[C@H](CO)[C@@H](O)[C@H](O)[C@H]2O)ccc1Cl)OC. The Morgan fingerprint density at radius 2 is 1.97 bits per heavy atom. The fraction of sp³-hybridized carbons (Fsp3) is 0.429. The van der Waals surface area contributed by atoms with Crippen LogP contribution in [-0.2, 0) is 15.9 Å². The van der Waals surface area contributed by atoms with Crippen LogP contribution in [0.15, 0.2) is 54.1 Å². The number of allylic oxidation sites excluding steroid dienone is 4. The minimum atomic E-state index is -1.49. The second-order valence-corrected chi connectivity index (χ2v) is 7.27. The van der Waals surface area contributed by atoms with E-state index in [0.717, 1.165) is 0 Å². The van der Waals surface area contributed by atoms with Crippen LogP contribution in [0, 0.1) is 0 Å². The van der Waals surface area contributed by atoms with Crippen molar-refractivity contribution in [1.29, 1.82) is 0 Å². The molecule has 0 spiro atoms. The molecule has 0 aliphatic carbocycles. The molecular weight excluding hydrogens is 403 g/mol. The average Bonchev–Trinajstić information content (AvgIpc) is 2.72. The first-order chi connectivity index (χ1) is 13.7. The molecular formula is C21H26ClFO6. The first kappa shape index (κ1) is 23.5. The first-order valence-electron chi connectivity index (χ1n) is 9.05. The summed E-state index contributed by atoms with van der Waals surface area (Å²) in [6.07, 6.45) is -3.55. The molecule has 1 aromatic carbocycles. The van der Waals surface area contributed by atoms with Gasteiger partial charge >= 0.3 is 0 Å². The molecule has 5 atom stereocenters. The van der Waals surface area contributed by atoms with Gasteiger partial charge in [-0.15, -0.1) is 0 Å². The molecule has 1 heterocycles. The molecule has 0 unspecified atom stereocenters. The number of aliphatic hydroxyl groups is 4. The topological polar surface area (TPSA) is 99.4 Å². The lowest BCUT2D eigenvalue weighted by atomic mass is 9.90. The predicted molar refractivity (Wildman–Crippen MR) is 107 cm³/mol. The van der Waals surface area contributed by atoms with Gasteiger partial charge in [-0.1, -0.05) is 30.3 Å². The molecule has 1 aliphatic heterocycles. The van der Waals surface area contributed by atoms with Crippen LogP contribution in [0.3, 0.4) is 0 Å². The highest BCUT2D eigenvalue weighted by atomic mass is 35.5. The van der Waals surface area contributed by atoms with Crippen LogP contribution in [0.1, 0.15) is 24.2 Å². The number of aliphatic hydroxyl groups excluding tert-OH is 4. The lowest BCUT2D eigenvalue weighted by Gasteiger charge is -2.40. The minimum Gasteiger partial charge on any atom is -0.497 e. The zero-order valence-electron chi connectivity index (χ0n) is 16.3. The van der Waals surface area contributed by atoms with Gasteiger partial charge < -0.3 is 29.9 Å². The number of rotatable bonds is 7. The van der Waals surface area contributed by atoms with Crippen molar-refractivity contribution in [3.63, 3.8) is 0 Å². The highest BCUT2D eigenvalue weighted by Gasteiger charge is 2.44. The maximum Gasteiger partial charge on any atom is 0.126 e. The van der Waals surface area contributed by atoms with Gasteiger partial charge in [0.25, 0.3) is 0 Å². The molecule has 1 fully saturated rings. The second kappa shape index (κ2) is 10.3. The van der Waals surface area contributed by atoms with Crippen LogP contribution in [0.4, 0.5) is 4.39 Å². The van der Waals surface area contributed by atoms with Gasteiger partial charge in [0.15, 0.2) is 0 Å². The lowest BCUT2D eigenvalue weighted by molar-refractivity contribution is -0.231. The third kappa shape index (κ3) is 5.45. The van der Waals surface area contributed by atoms with Gasteiger partial charge in [0, 0.05) is 11.1 Å².